The van der Waals surface area contributed by atoms with Crippen LogP contribution in [0.25, 0.3) is 0 Å². The molecule has 3 aliphatic heterocycles. The second-order valence-corrected chi connectivity index (χ2v) is 22.0. The maximum atomic E-state index is 14.7. The quantitative estimate of drug-likeness (QED) is 0.146. The van der Waals surface area contributed by atoms with Gasteiger partial charge in [0.25, 0.3) is 0 Å². The van der Waals surface area contributed by atoms with Crippen molar-refractivity contribution in [2.75, 3.05) is 48.1 Å². The van der Waals surface area contributed by atoms with E-state index in [1.165, 1.54) is 11.8 Å². The number of terminal acetylenes is 1. The maximum absolute atomic E-state index is 14.7. The van der Waals surface area contributed by atoms with Gasteiger partial charge in [0.15, 0.2) is 11.9 Å². The number of carbonyl (C=O) groups excluding carboxylic acids is 1. The van der Waals surface area contributed by atoms with Crippen LogP contribution in [0.2, 0.25) is 0 Å². The number of aromatic nitrogens is 3. The smallest absolute Gasteiger partial charge is 0.309 e. The van der Waals surface area contributed by atoms with Crippen molar-refractivity contribution in [2.45, 2.75) is 192 Å². The third kappa shape index (κ3) is 13.2. The van der Waals surface area contributed by atoms with Gasteiger partial charge in [-0.1, -0.05) is 64.8 Å². The lowest BCUT2D eigenvalue weighted by molar-refractivity contribution is -0.270. The molecule has 3 saturated heterocycles. The molecule has 16 nitrogen and oxygen atoms in total. The fourth-order valence-corrected chi connectivity index (χ4v) is 11.9. The summed E-state index contributed by atoms with van der Waals surface area (Å²) in [5.74, 6) is -0.0889. The Balaban J connectivity index is 1.46. The Kier molecular flexibility index (Phi) is 20.2. The van der Waals surface area contributed by atoms with Crippen molar-refractivity contribution in [3.63, 3.8) is 0 Å². The van der Waals surface area contributed by atoms with Crippen LogP contribution in [0, 0.1) is 52.8 Å². The van der Waals surface area contributed by atoms with Gasteiger partial charge in [0.1, 0.15) is 37.1 Å². The number of carbonyl (C=O) groups is 1. The first-order valence-corrected chi connectivity index (χ1v) is 25.6. The first-order chi connectivity index (χ1) is 33.4. The van der Waals surface area contributed by atoms with E-state index < -0.39 is 102 Å². The minimum absolute atomic E-state index is 0.0333. The van der Waals surface area contributed by atoms with Gasteiger partial charge in [-0.3, -0.25) is 4.79 Å². The van der Waals surface area contributed by atoms with E-state index in [9.17, 15) is 29.8 Å². The van der Waals surface area contributed by atoms with E-state index in [4.69, 9.17) is 34.8 Å². The largest absolute Gasteiger partial charge is 0.461 e. The average Bonchev–Trinajstić information content (AvgIpc) is 3.82. The zero-order valence-corrected chi connectivity index (χ0v) is 44.8. The number of benzene rings is 1. The Hall–Kier alpha value is -3.59. The molecule has 5 rings (SSSR count). The van der Waals surface area contributed by atoms with Crippen LogP contribution in [0.15, 0.2) is 30.5 Å². The van der Waals surface area contributed by atoms with Crippen molar-refractivity contribution in [3.8, 4) is 18.4 Å². The molecule has 398 valence electrons. The number of cyclic esters (lactones) is 1. The molecular formula is C54H85FN6O10. The van der Waals surface area contributed by atoms with E-state index in [0.29, 0.717) is 55.6 Å². The molecule has 0 amide bonds. The number of esters is 1. The number of alkyl halides is 1. The van der Waals surface area contributed by atoms with E-state index in [2.05, 4.69) is 32.1 Å². The van der Waals surface area contributed by atoms with Crippen LogP contribution in [0.3, 0.4) is 0 Å². The number of halogens is 1. The van der Waals surface area contributed by atoms with Gasteiger partial charge in [-0.05, 0) is 90.6 Å². The highest BCUT2D eigenvalue weighted by Gasteiger charge is 2.55. The zero-order chi connectivity index (χ0) is 52.7. The Morgan fingerprint density at radius 2 is 1.72 bits per heavy atom. The molecule has 3 aliphatic rings. The molecule has 0 spiro atoms. The molecule has 4 heterocycles. The standard InChI is InChI=1S/C54H85FN6O10/c1-16-44-52(9,10)48(62)36(7)60(13)30-32(3)26-54(65,17-2)50(34(5)46(35(6)51(64)70-44)43-27-53(11,67-15)49(63)37(8)69-43)71-45-25-41(24-33(4)68-45)59(12)23-22-40-31-61(58-57-40)42(28-55)47(66-14)39-20-18-38(29-56)19-21-39/h2,18-21,31-37,41-50,62-63,65H,16,22-28,30H2,1,3-15H3/t32-,33?,34+,35-,36-,37+,41+,42-,43?,44-,45+,46+,47-,48-,49+,50-,53-,54-/m1/s1. The summed E-state index contributed by atoms with van der Waals surface area (Å²) in [5, 5.41) is 54.3. The van der Waals surface area contributed by atoms with Crippen molar-refractivity contribution in [1.82, 2.24) is 24.8 Å². The molecule has 0 radical (unpaired) electrons. The molecule has 1 aromatic heterocycles. The highest BCUT2D eigenvalue weighted by molar-refractivity contribution is 5.73. The summed E-state index contributed by atoms with van der Waals surface area (Å²) in [4.78, 5) is 19.0. The number of hydrogen-bond donors (Lipinski definition) is 3. The Bertz CT molecular complexity index is 2100. The van der Waals surface area contributed by atoms with Crippen LogP contribution in [-0.4, -0.2) is 166 Å². The number of rotatable bonds is 14. The number of aliphatic hydroxyl groups is 3. The first-order valence-electron chi connectivity index (χ1n) is 25.6. The predicted molar refractivity (Wildman–Crippen MR) is 266 cm³/mol. The molecule has 3 N–H and O–H groups in total. The monoisotopic (exact) mass is 997 g/mol. The van der Waals surface area contributed by atoms with Gasteiger partial charge < -0.3 is 53.5 Å². The molecule has 18 atom stereocenters. The van der Waals surface area contributed by atoms with Crippen LogP contribution in [0.5, 0.6) is 0 Å². The molecule has 2 unspecified atom stereocenters. The minimum atomic E-state index is -1.88. The summed E-state index contributed by atoms with van der Waals surface area (Å²) in [5.41, 5.74) is -1.86. The molecule has 1 aromatic carbocycles. The Morgan fingerprint density at radius 3 is 2.31 bits per heavy atom. The number of ether oxygens (including phenoxy) is 6. The average molecular weight is 997 g/mol. The summed E-state index contributed by atoms with van der Waals surface area (Å²) < 4.78 is 54.7. The lowest BCUT2D eigenvalue weighted by atomic mass is 9.68. The fourth-order valence-electron chi connectivity index (χ4n) is 11.9. The molecule has 0 saturated carbocycles. The molecule has 17 heteroatoms. The van der Waals surface area contributed by atoms with Gasteiger partial charge in [-0.2, -0.15) is 5.26 Å². The highest BCUT2D eigenvalue weighted by atomic mass is 19.1. The topological polar surface area (TPSA) is 194 Å². The van der Waals surface area contributed by atoms with E-state index in [1.807, 2.05) is 69.5 Å². The van der Waals surface area contributed by atoms with Crippen LogP contribution in [0.4, 0.5) is 4.39 Å². The summed E-state index contributed by atoms with van der Waals surface area (Å²) >= 11 is 0. The molecule has 0 bridgehead atoms. The van der Waals surface area contributed by atoms with Crippen LogP contribution < -0.4 is 0 Å². The van der Waals surface area contributed by atoms with Crippen LogP contribution in [-0.2, 0) is 39.6 Å². The van der Waals surface area contributed by atoms with Gasteiger partial charge in [-0.15, -0.1) is 11.5 Å². The second-order valence-electron chi connectivity index (χ2n) is 22.0. The summed E-state index contributed by atoms with van der Waals surface area (Å²) in [7, 11) is 7.03. The maximum Gasteiger partial charge on any atom is 0.309 e. The van der Waals surface area contributed by atoms with Gasteiger partial charge in [-0.25, -0.2) is 9.07 Å². The van der Waals surface area contributed by atoms with E-state index in [1.54, 1.807) is 51.4 Å². The van der Waals surface area contributed by atoms with Gasteiger partial charge in [0.2, 0.25) is 0 Å². The van der Waals surface area contributed by atoms with E-state index >= 15 is 0 Å². The van der Waals surface area contributed by atoms with Gasteiger partial charge in [0.05, 0.1) is 53.3 Å². The number of nitrogens with zero attached hydrogens (tertiary/aromatic N) is 6. The Morgan fingerprint density at radius 1 is 1.04 bits per heavy atom. The third-order valence-electron chi connectivity index (χ3n) is 16.5. The van der Waals surface area contributed by atoms with Crippen molar-refractivity contribution in [3.05, 3.63) is 47.3 Å². The van der Waals surface area contributed by atoms with Gasteiger partial charge >= 0.3 is 5.97 Å². The number of aliphatic hydroxyl groups excluding tert-OH is 2. The summed E-state index contributed by atoms with van der Waals surface area (Å²) in [6, 6.07) is 7.80. The van der Waals surface area contributed by atoms with Crippen molar-refractivity contribution in [2.24, 2.45) is 29.1 Å². The lowest BCUT2D eigenvalue weighted by Gasteiger charge is -2.51. The number of likely N-dealkylation sites (N-methyl/N-ethyl adjacent to an activating group) is 2. The van der Waals surface area contributed by atoms with Crippen molar-refractivity contribution in [1.29, 1.82) is 5.26 Å². The van der Waals surface area contributed by atoms with Crippen molar-refractivity contribution >= 4 is 5.97 Å². The van der Waals surface area contributed by atoms with E-state index in [-0.39, 0.29) is 36.9 Å². The highest BCUT2D eigenvalue weighted by Crippen LogP contribution is 2.45. The zero-order valence-electron chi connectivity index (χ0n) is 44.8. The van der Waals surface area contributed by atoms with Crippen molar-refractivity contribution < 1.29 is 52.9 Å². The molecule has 71 heavy (non-hydrogen) atoms. The van der Waals surface area contributed by atoms with E-state index in [0.717, 1.165) is 0 Å². The SMILES string of the molecule is C#C[C@@]1(O)C[C@@H](C)CN(C)[C@H](C)[C@@H](O)C(C)(C)[C@@H](CC)OC(=O)[C@H](C)[C@@H](C2C[C@@](C)(OC)[C@@H](O)[C@H](C)O2)[C@H](C)[C@H]1O[C@H]1C[C@@H](N(C)CCc2cn([C@H](CF)[C@H](OC)c3ccc(C#N)cc3)nn2)CC(C)O1. The molecule has 3 fully saturated rings. The van der Waals surface area contributed by atoms with Gasteiger partial charge in [0, 0.05) is 76.2 Å². The lowest BCUT2D eigenvalue weighted by Crippen LogP contribution is -2.61. The second kappa shape index (κ2) is 24.6. The fraction of sp³-hybridized carbons (Fsp3) is 0.778. The number of nitriles is 1. The Labute approximate surface area is 422 Å². The minimum Gasteiger partial charge on any atom is -0.461 e. The normalized spacial score (nSPS) is 37.7. The molecule has 0 aliphatic carbocycles. The molecule has 2 aromatic rings. The summed E-state index contributed by atoms with van der Waals surface area (Å²) in [6.07, 6.45) is 3.99. The van der Waals surface area contributed by atoms with Crippen LogP contribution >= 0.6 is 0 Å². The summed E-state index contributed by atoms with van der Waals surface area (Å²) in [6.45, 7) is 19.4. The molecular weight excluding hydrogens is 912 g/mol. The first kappa shape index (κ1) is 58.3. The predicted octanol–water partition coefficient (Wildman–Crippen LogP) is 6.07. The number of hydrogen-bond acceptors (Lipinski definition) is 15. The third-order valence-corrected chi connectivity index (χ3v) is 16.5. The van der Waals surface area contributed by atoms with Crippen LogP contribution in [0.1, 0.15) is 130 Å². The number of methoxy groups -OCH3 is 2.